The van der Waals surface area contributed by atoms with Gasteiger partial charge in [-0.3, -0.25) is 4.90 Å². The van der Waals surface area contributed by atoms with Gasteiger partial charge in [-0.15, -0.1) is 0 Å². The van der Waals surface area contributed by atoms with Crippen molar-refractivity contribution < 1.29 is 9.84 Å². The Kier molecular flexibility index (Phi) is 7.20. The number of aryl methyl sites for hydroxylation is 2. The molecule has 0 aromatic heterocycles. The van der Waals surface area contributed by atoms with Crippen molar-refractivity contribution in [2.24, 2.45) is 0 Å². The molecule has 158 valence electrons. The summed E-state index contributed by atoms with van der Waals surface area (Å²) in [4.78, 5) is 4.80. The molecule has 2 aromatic carbocycles. The zero-order valence-corrected chi connectivity index (χ0v) is 18.6. The van der Waals surface area contributed by atoms with Crippen LogP contribution in [0.3, 0.4) is 0 Å². The normalized spacial score (nSPS) is 16.3. The van der Waals surface area contributed by atoms with Crippen molar-refractivity contribution in [3.63, 3.8) is 0 Å². The van der Waals surface area contributed by atoms with Gasteiger partial charge in [-0.25, -0.2) is 0 Å². The first kappa shape index (κ1) is 21.7. The number of β-amino-alcohol motifs (C(OH)–C–C–N with tert-alkyl or cyclic N) is 1. The van der Waals surface area contributed by atoms with E-state index in [4.69, 9.17) is 4.74 Å². The first-order chi connectivity index (χ1) is 13.8. The van der Waals surface area contributed by atoms with Crippen molar-refractivity contribution in [3.05, 3.63) is 58.7 Å². The van der Waals surface area contributed by atoms with Crippen molar-refractivity contribution >= 4 is 5.69 Å². The van der Waals surface area contributed by atoms with Crippen molar-refractivity contribution in [3.8, 4) is 5.75 Å². The fraction of sp³-hybridized carbons (Fsp3) is 0.520. The number of anilines is 1. The minimum Gasteiger partial charge on any atom is -0.491 e. The van der Waals surface area contributed by atoms with Crippen molar-refractivity contribution in [2.45, 2.75) is 46.6 Å². The van der Waals surface area contributed by atoms with Crippen LogP contribution in [0.5, 0.6) is 5.75 Å². The number of nitrogens with zero attached hydrogens (tertiary/aromatic N) is 2. The molecule has 1 atom stereocenters. The Bertz CT molecular complexity index is 810. The smallest absolute Gasteiger partial charge is 0.123 e. The predicted molar refractivity (Wildman–Crippen MR) is 121 cm³/mol. The average Bonchev–Trinajstić information content (AvgIpc) is 2.69. The van der Waals surface area contributed by atoms with Crippen LogP contribution in [-0.4, -0.2) is 55.4 Å². The lowest BCUT2D eigenvalue weighted by molar-refractivity contribution is 0.0658. The highest BCUT2D eigenvalue weighted by atomic mass is 16.5. The summed E-state index contributed by atoms with van der Waals surface area (Å²) >= 11 is 0. The Morgan fingerprint density at radius 2 is 1.72 bits per heavy atom. The number of aliphatic hydroxyl groups excluding tert-OH is 1. The molecule has 0 unspecified atom stereocenters. The second-order valence-electron chi connectivity index (χ2n) is 8.67. The number of ether oxygens (including phenoxy) is 1. The van der Waals surface area contributed by atoms with E-state index in [1.807, 2.05) is 0 Å². The number of aliphatic hydroxyl groups is 1. The Hall–Kier alpha value is -2.04. The fourth-order valence-corrected chi connectivity index (χ4v) is 4.03. The lowest BCUT2D eigenvalue weighted by Gasteiger charge is -2.37. The Labute approximate surface area is 176 Å². The molecule has 4 nitrogen and oxygen atoms in total. The second-order valence-corrected chi connectivity index (χ2v) is 8.67. The molecule has 0 aliphatic carbocycles. The van der Waals surface area contributed by atoms with E-state index in [9.17, 15) is 5.11 Å². The molecule has 0 bridgehead atoms. The quantitative estimate of drug-likeness (QED) is 0.757. The lowest BCUT2D eigenvalue weighted by Crippen LogP contribution is -2.49. The van der Waals surface area contributed by atoms with E-state index < -0.39 is 6.10 Å². The Morgan fingerprint density at radius 1 is 1.00 bits per heavy atom. The van der Waals surface area contributed by atoms with Crippen LogP contribution in [0.4, 0.5) is 5.69 Å². The van der Waals surface area contributed by atoms with Crippen LogP contribution in [0.15, 0.2) is 36.4 Å². The summed E-state index contributed by atoms with van der Waals surface area (Å²) in [5.74, 6) is 1.31. The molecule has 1 N–H and O–H groups in total. The number of piperazine rings is 1. The zero-order valence-electron chi connectivity index (χ0n) is 18.6. The number of hydrogen-bond donors (Lipinski definition) is 1. The van der Waals surface area contributed by atoms with E-state index in [-0.39, 0.29) is 0 Å². The van der Waals surface area contributed by atoms with Gasteiger partial charge in [-0.1, -0.05) is 38.1 Å². The molecule has 1 aliphatic rings. The van der Waals surface area contributed by atoms with E-state index in [1.54, 1.807) is 0 Å². The van der Waals surface area contributed by atoms with Crippen molar-refractivity contribution in [2.75, 3.05) is 44.2 Å². The van der Waals surface area contributed by atoms with E-state index in [0.29, 0.717) is 19.1 Å². The highest BCUT2D eigenvalue weighted by Gasteiger charge is 2.21. The standard InChI is InChI=1S/C25H36N2O2/c1-18(2)23-10-9-19(3)15-25(23)29-17-22(28)16-26-11-13-27(14-12-26)24-8-6-7-20(4)21(24)5/h6-10,15,18,22,28H,11-14,16-17H2,1-5H3/t22-/m1/s1. The average molecular weight is 397 g/mol. The van der Waals surface area contributed by atoms with Gasteiger partial charge in [0.05, 0.1) is 0 Å². The topological polar surface area (TPSA) is 35.9 Å². The summed E-state index contributed by atoms with van der Waals surface area (Å²) in [5.41, 5.74) is 6.43. The summed E-state index contributed by atoms with van der Waals surface area (Å²) < 4.78 is 6.01. The highest BCUT2D eigenvalue weighted by molar-refractivity contribution is 5.56. The van der Waals surface area contributed by atoms with Gasteiger partial charge in [0.1, 0.15) is 18.5 Å². The van der Waals surface area contributed by atoms with Gasteiger partial charge in [-0.05, 0) is 61.1 Å². The maximum Gasteiger partial charge on any atom is 0.123 e. The molecule has 1 heterocycles. The lowest BCUT2D eigenvalue weighted by atomic mass is 10.0. The molecule has 0 radical (unpaired) electrons. The fourth-order valence-electron chi connectivity index (χ4n) is 4.03. The maximum absolute atomic E-state index is 10.5. The van der Waals surface area contributed by atoms with Crippen LogP contribution in [-0.2, 0) is 0 Å². The summed E-state index contributed by atoms with van der Waals surface area (Å²) in [6, 6.07) is 12.9. The molecule has 29 heavy (non-hydrogen) atoms. The van der Waals surface area contributed by atoms with Gasteiger partial charge in [0.25, 0.3) is 0 Å². The van der Waals surface area contributed by atoms with Crippen LogP contribution in [0.25, 0.3) is 0 Å². The third-order valence-corrected chi connectivity index (χ3v) is 5.98. The molecule has 1 aliphatic heterocycles. The van der Waals surface area contributed by atoms with Crippen LogP contribution < -0.4 is 9.64 Å². The molecule has 0 saturated carbocycles. The maximum atomic E-state index is 10.5. The third kappa shape index (κ3) is 5.52. The summed E-state index contributed by atoms with van der Waals surface area (Å²) in [5, 5.41) is 10.5. The van der Waals surface area contributed by atoms with Crippen LogP contribution in [0, 0.1) is 20.8 Å². The molecule has 4 heteroatoms. The molecule has 0 amide bonds. The minimum absolute atomic E-state index is 0.334. The first-order valence-electron chi connectivity index (χ1n) is 10.8. The first-order valence-corrected chi connectivity index (χ1v) is 10.8. The van der Waals surface area contributed by atoms with Gasteiger partial charge in [0, 0.05) is 38.4 Å². The zero-order chi connectivity index (χ0) is 21.0. The molecule has 2 aromatic rings. The number of benzene rings is 2. The monoisotopic (exact) mass is 396 g/mol. The third-order valence-electron chi connectivity index (χ3n) is 5.98. The molecular formula is C25H36N2O2. The van der Waals surface area contributed by atoms with Gasteiger partial charge in [0.2, 0.25) is 0 Å². The van der Waals surface area contributed by atoms with Crippen molar-refractivity contribution in [1.82, 2.24) is 4.90 Å². The molecular weight excluding hydrogens is 360 g/mol. The molecule has 0 spiro atoms. The largest absolute Gasteiger partial charge is 0.491 e. The minimum atomic E-state index is -0.484. The van der Waals surface area contributed by atoms with Gasteiger partial charge in [-0.2, -0.15) is 0 Å². The second kappa shape index (κ2) is 9.64. The predicted octanol–water partition coefficient (Wildman–Crippen LogP) is 4.30. The summed E-state index contributed by atoms with van der Waals surface area (Å²) in [6.45, 7) is 15.7. The van der Waals surface area contributed by atoms with Gasteiger partial charge < -0.3 is 14.7 Å². The Balaban J connectivity index is 1.50. The Morgan fingerprint density at radius 3 is 2.41 bits per heavy atom. The van der Waals surface area contributed by atoms with E-state index in [0.717, 1.165) is 31.9 Å². The molecule has 1 fully saturated rings. The van der Waals surface area contributed by atoms with Crippen LogP contribution >= 0.6 is 0 Å². The van der Waals surface area contributed by atoms with E-state index >= 15 is 0 Å². The van der Waals surface area contributed by atoms with E-state index in [1.165, 1.54) is 27.9 Å². The summed E-state index contributed by atoms with van der Waals surface area (Å²) in [7, 11) is 0. The number of rotatable bonds is 7. The molecule has 3 rings (SSSR count). The summed E-state index contributed by atoms with van der Waals surface area (Å²) in [6.07, 6.45) is -0.484. The van der Waals surface area contributed by atoms with E-state index in [2.05, 4.69) is 80.8 Å². The molecule has 1 saturated heterocycles. The van der Waals surface area contributed by atoms with Gasteiger partial charge >= 0.3 is 0 Å². The van der Waals surface area contributed by atoms with Crippen LogP contribution in [0.1, 0.15) is 42.0 Å². The SMILES string of the molecule is Cc1ccc(C(C)C)c(OC[C@H](O)CN2CCN(c3cccc(C)c3C)CC2)c1. The van der Waals surface area contributed by atoms with Gasteiger partial charge in [0.15, 0.2) is 0 Å². The van der Waals surface area contributed by atoms with Crippen LogP contribution in [0.2, 0.25) is 0 Å². The highest BCUT2D eigenvalue weighted by Crippen LogP contribution is 2.28. The number of hydrogen-bond acceptors (Lipinski definition) is 4. The van der Waals surface area contributed by atoms with Crippen molar-refractivity contribution in [1.29, 1.82) is 0 Å².